The summed E-state index contributed by atoms with van der Waals surface area (Å²) in [6.07, 6.45) is 4.80. The molecule has 2 N–H and O–H groups in total. The summed E-state index contributed by atoms with van der Waals surface area (Å²) < 4.78 is 0. The lowest BCUT2D eigenvalue weighted by Crippen LogP contribution is -2.44. The topological polar surface area (TPSA) is 124 Å². The number of benzene rings is 3. The largest absolute Gasteiger partial charge is 0.396 e. The summed E-state index contributed by atoms with van der Waals surface area (Å²) in [6, 6.07) is 19.2. The predicted octanol–water partition coefficient (Wildman–Crippen LogP) is 4.51. The number of carbonyl (C=O) groups excluding carboxylic acids is 2. The Kier molecular flexibility index (Phi) is 7.03. The number of anilines is 3. The highest BCUT2D eigenvalue weighted by atomic mass is 16.6. The minimum atomic E-state index is -2.00. The van der Waals surface area contributed by atoms with Crippen molar-refractivity contribution >= 4 is 34.6 Å². The van der Waals surface area contributed by atoms with Crippen LogP contribution in [0.25, 0.3) is 0 Å². The zero-order valence-corrected chi connectivity index (χ0v) is 21.5. The smallest absolute Gasteiger partial charge is 0.269 e. The van der Waals surface area contributed by atoms with E-state index < -0.39 is 22.3 Å². The number of amides is 2. The summed E-state index contributed by atoms with van der Waals surface area (Å²) in [5.74, 6) is -1.27. The van der Waals surface area contributed by atoms with Gasteiger partial charge in [-0.15, -0.1) is 0 Å². The van der Waals surface area contributed by atoms with Gasteiger partial charge in [-0.3, -0.25) is 24.6 Å². The van der Waals surface area contributed by atoms with Crippen molar-refractivity contribution in [1.82, 2.24) is 0 Å². The van der Waals surface area contributed by atoms with Gasteiger partial charge < -0.3 is 15.1 Å². The Morgan fingerprint density at radius 3 is 2.51 bits per heavy atom. The minimum absolute atomic E-state index is 0.0139. The molecule has 5 rings (SSSR count). The number of carbonyl (C=O) groups is 2. The van der Waals surface area contributed by atoms with E-state index in [0.29, 0.717) is 24.9 Å². The van der Waals surface area contributed by atoms with Crippen LogP contribution >= 0.6 is 0 Å². The molecule has 2 aliphatic rings. The van der Waals surface area contributed by atoms with Crippen LogP contribution < -0.4 is 9.80 Å². The molecule has 39 heavy (non-hydrogen) atoms. The van der Waals surface area contributed by atoms with E-state index in [2.05, 4.69) is 0 Å². The number of non-ortho nitro benzene ring substituents is 1. The van der Waals surface area contributed by atoms with Crippen molar-refractivity contribution in [2.45, 2.75) is 38.3 Å². The van der Waals surface area contributed by atoms with Crippen LogP contribution in [-0.4, -0.2) is 33.6 Å². The average Bonchev–Trinajstić information content (AvgIpc) is 3.15. The third kappa shape index (κ3) is 4.60. The lowest BCUT2D eigenvalue weighted by atomic mass is 9.82. The molecule has 2 heterocycles. The molecule has 2 atom stereocenters. The van der Waals surface area contributed by atoms with Gasteiger partial charge in [0, 0.05) is 42.3 Å². The molecule has 0 radical (unpaired) electrons. The van der Waals surface area contributed by atoms with Crippen LogP contribution in [0.15, 0.2) is 78.9 Å². The second-order valence-corrected chi connectivity index (χ2v) is 9.87. The SMILES string of the molecule is C[C@H](/C=C/CCO)[C@@]1(O)C(=O)N(Cc2ccc(N3C(=O)CCc4ccccc43)cc2)c2ccc([N+](=O)[O-])cc21. The lowest BCUT2D eigenvalue weighted by Gasteiger charge is -2.30. The van der Waals surface area contributed by atoms with Crippen molar-refractivity contribution in [3.63, 3.8) is 0 Å². The Bertz CT molecular complexity index is 1470. The van der Waals surface area contributed by atoms with Crippen molar-refractivity contribution in [3.8, 4) is 0 Å². The Morgan fingerprint density at radius 2 is 1.79 bits per heavy atom. The molecule has 0 aromatic heterocycles. The standard InChI is InChI=1S/C30H29N3O6/c1-20(6-4-5-17-34)30(37)25-18-24(33(38)39)14-15-27(25)31(29(30)36)19-21-9-12-23(13-10-21)32-26-8-3-2-7-22(26)11-16-28(32)35/h2-4,6-10,12-15,18,20,34,37H,5,11,16-17,19H2,1H3/b6-4+/t20-,30+/m1/s1. The molecule has 200 valence electrons. The third-order valence-electron chi connectivity index (χ3n) is 7.47. The Labute approximate surface area is 225 Å². The van der Waals surface area contributed by atoms with Gasteiger partial charge in [0.05, 0.1) is 22.8 Å². The first-order chi connectivity index (χ1) is 18.8. The molecule has 9 heteroatoms. The van der Waals surface area contributed by atoms with E-state index in [0.717, 1.165) is 22.5 Å². The van der Waals surface area contributed by atoms with Crippen LogP contribution in [0.3, 0.4) is 0 Å². The molecule has 3 aromatic carbocycles. The van der Waals surface area contributed by atoms with Gasteiger partial charge in [-0.05, 0) is 48.2 Å². The fourth-order valence-electron chi connectivity index (χ4n) is 5.36. The molecule has 0 saturated heterocycles. The summed E-state index contributed by atoms with van der Waals surface area (Å²) in [7, 11) is 0. The summed E-state index contributed by atoms with van der Waals surface area (Å²) >= 11 is 0. The van der Waals surface area contributed by atoms with Gasteiger partial charge in [0.1, 0.15) is 0 Å². The highest BCUT2D eigenvalue weighted by Crippen LogP contribution is 2.47. The van der Waals surface area contributed by atoms with Crippen molar-refractivity contribution in [1.29, 1.82) is 0 Å². The molecule has 3 aromatic rings. The number of aliphatic hydroxyl groups is 2. The Hall–Kier alpha value is -4.34. The Morgan fingerprint density at radius 1 is 1.05 bits per heavy atom. The number of fused-ring (bicyclic) bond motifs is 2. The second-order valence-electron chi connectivity index (χ2n) is 9.87. The first-order valence-electron chi connectivity index (χ1n) is 12.9. The number of hydrogen-bond donors (Lipinski definition) is 2. The molecule has 2 aliphatic heterocycles. The van der Waals surface area contributed by atoms with Gasteiger partial charge >= 0.3 is 0 Å². The molecular weight excluding hydrogens is 498 g/mol. The van der Waals surface area contributed by atoms with E-state index >= 15 is 0 Å². The molecular formula is C30H29N3O6. The number of hydrogen-bond acceptors (Lipinski definition) is 6. The number of aryl methyl sites for hydroxylation is 1. The van der Waals surface area contributed by atoms with Crippen molar-refractivity contribution in [2.75, 3.05) is 16.4 Å². The zero-order valence-electron chi connectivity index (χ0n) is 21.5. The van der Waals surface area contributed by atoms with Crippen LogP contribution in [0.4, 0.5) is 22.7 Å². The predicted molar refractivity (Wildman–Crippen MR) is 147 cm³/mol. The van der Waals surface area contributed by atoms with Crippen molar-refractivity contribution in [2.24, 2.45) is 5.92 Å². The van der Waals surface area contributed by atoms with Gasteiger partial charge in [0.25, 0.3) is 11.6 Å². The van der Waals surface area contributed by atoms with Gasteiger partial charge in [0.15, 0.2) is 5.60 Å². The van der Waals surface area contributed by atoms with Crippen LogP contribution in [0, 0.1) is 16.0 Å². The molecule has 0 bridgehead atoms. The fourth-order valence-corrected chi connectivity index (χ4v) is 5.36. The fraction of sp³-hybridized carbons (Fsp3) is 0.267. The van der Waals surface area contributed by atoms with Gasteiger partial charge in [0.2, 0.25) is 5.91 Å². The zero-order chi connectivity index (χ0) is 27.7. The summed E-state index contributed by atoms with van der Waals surface area (Å²) in [5, 5.41) is 32.3. The number of aliphatic hydroxyl groups excluding tert-OH is 1. The first-order valence-corrected chi connectivity index (χ1v) is 12.9. The molecule has 9 nitrogen and oxygen atoms in total. The quantitative estimate of drug-likeness (QED) is 0.252. The van der Waals surface area contributed by atoms with E-state index in [1.807, 2.05) is 48.5 Å². The summed E-state index contributed by atoms with van der Waals surface area (Å²) in [4.78, 5) is 40.5. The second kappa shape index (κ2) is 10.4. The maximum atomic E-state index is 13.7. The van der Waals surface area contributed by atoms with Gasteiger partial charge in [-0.1, -0.05) is 49.4 Å². The molecule has 0 saturated carbocycles. The van der Waals surface area contributed by atoms with E-state index in [4.69, 9.17) is 5.11 Å². The highest BCUT2D eigenvalue weighted by Gasteiger charge is 2.53. The van der Waals surface area contributed by atoms with Crippen LogP contribution in [0.5, 0.6) is 0 Å². The summed E-state index contributed by atoms with van der Waals surface area (Å²) in [5.41, 5.74) is 1.81. The van der Waals surface area contributed by atoms with Crippen LogP contribution in [0.1, 0.15) is 36.5 Å². The molecule has 0 aliphatic carbocycles. The molecule has 2 amide bonds. The maximum Gasteiger partial charge on any atom is 0.269 e. The number of nitro groups is 1. The number of rotatable bonds is 8. The third-order valence-corrected chi connectivity index (χ3v) is 7.47. The number of nitro benzene ring substituents is 1. The van der Waals surface area contributed by atoms with E-state index in [1.54, 1.807) is 24.0 Å². The van der Waals surface area contributed by atoms with Crippen LogP contribution in [-0.2, 0) is 28.2 Å². The Balaban J connectivity index is 1.46. The maximum absolute atomic E-state index is 13.7. The summed E-state index contributed by atoms with van der Waals surface area (Å²) in [6.45, 7) is 1.72. The van der Waals surface area contributed by atoms with Gasteiger partial charge in [-0.25, -0.2) is 0 Å². The number of nitrogens with zero attached hydrogens (tertiary/aromatic N) is 3. The van der Waals surface area contributed by atoms with E-state index in [-0.39, 0.29) is 30.3 Å². The van der Waals surface area contributed by atoms with E-state index in [9.17, 15) is 24.8 Å². The average molecular weight is 528 g/mol. The normalized spacial score (nSPS) is 19.4. The molecule has 0 unspecified atom stereocenters. The first kappa shape index (κ1) is 26.3. The van der Waals surface area contributed by atoms with Crippen molar-refractivity contribution < 1.29 is 24.7 Å². The lowest BCUT2D eigenvalue weighted by molar-refractivity contribution is -0.385. The van der Waals surface area contributed by atoms with Gasteiger partial charge in [-0.2, -0.15) is 0 Å². The van der Waals surface area contributed by atoms with Crippen LogP contribution in [0.2, 0.25) is 0 Å². The van der Waals surface area contributed by atoms with E-state index in [1.165, 1.54) is 23.1 Å². The number of para-hydroxylation sites is 1. The monoisotopic (exact) mass is 527 g/mol. The van der Waals surface area contributed by atoms with Crippen molar-refractivity contribution in [3.05, 3.63) is 106 Å². The highest BCUT2D eigenvalue weighted by molar-refractivity contribution is 6.07. The molecule has 0 fully saturated rings. The molecule has 0 spiro atoms. The minimum Gasteiger partial charge on any atom is -0.396 e.